The van der Waals surface area contributed by atoms with Crippen LogP contribution in [0.3, 0.4) is 0 Å². The van der Waals surface area contributed by atoms with E-state index in [-0.39, 0.29) is 38.6 Å². The number of likely N-dealkylation sites (N-methyl/N-ethyl adjacent to an activating group) is 1. The standard InChI is InChI=1S/C74H125NO8/c1-6-8-10-12-14-16-18-20-22-24-26-28-30-31-32-33-34-35-36-37-38-39-40-41-43-45-47-49-51-53-55-57-59-61-63-65-72(77)83-70(69-82-74(73(78)79)80-67-66-75(3,4)5)68-81-71(76)64-62-60-58-56-54-52-50-48-46-44-42-29-27-25-23-21-19-17-15-13-11-9-7-2/h8,10,14,16,20,22,26,28,31-32,34-35,37-38,40-41,45,47,51,53,70,74H,6-7,9,11-13,15,17-19,21,23-25,27,29-30,33,36,39,42-44,46,48-50,52,54-69H2,1-5H3/b10-8-,16-14-,22-20-,28-26-,32-31-,35-34-,38-37-,41-40-,47-45-,53-51-. The molecule has 0 spiro atoms. The first kappa shape index (κ1) is 78.7. The zero-order chi connectivity index (χ0) is 60.5. The van der Waals surface area contributed by atoms with E-state index < -0.39 is 24.3 Å². The van der Waals surface area contributed by atoms with E-state index >= 15 is 0 Å². The highest BCUT2D eigenvalue weighted by molar-refractivity contribution is 5.70. The number of carboxylic acid groups (broad SMARTS) is 1. The molecule has 0 aliphatic rings. The van der Waals surface area contributed by atoms with Crippen LogP contribution in [0.15, 0.2) is 122 Å². The first-order valence-electron chi connectivity index (χ1n) is 33.7. The van der Waals surface area contributed by atoms with Gasteiger partial charge in [-0.15, -0.1) is 0 Å². The fraction of sp³-hybridized carbons (Fsp3) is 0.689. The minimum Gasteiger partial charge on any atom is -0.545 e. The van der Waals surface area contributed by atoms with Crippen molar-refractivity contribution >= 4 is 17.9 Å². The van der Waals surface area contributed by atoms with Gasteiger partial charge in [0.15, 0.2) is 12.4 Å². The number of carboxylic acids is 1. The summed E-state index contributed by atoms with van der Waals surface area (Å²) < 4.78 is 22.7. The molecule has 0 aromatic rings. The Morgan fingerprint density at radius 3 is 1.02 bits per heavy atom. The number of nitrogens with zero attached hydrogens (tertiary/aromatic N) is 1. The summed E-state index contributed by atoms with van der Waals surface area (Å²) in [6, 6.07) is 0. The second-order valence-electron chi connectivity index (χ2n) is 23.4. The number of rotatable bonds is 61. The van der Waals surface area contributed by atoms with E-state index in [1.54, 1.807) is 0 Å². The number of allylic oxidation sites excluding steroid dienone is 20. The molecule has 0 N–H and O–H groups in total. The molecule has 0 aliphatic heterocycles. The van der Waals surface area contributed by atoms with Crippen molar-refractivity contribution in [1.82, 2.24) is 0 Å². The number of hydrogen-bond acceptors (Lipinski definition) is 8. The molecule has 0 fully saturated rings. The molecular formula is C74H125NO8. The van der Waals surface area contributed by atoms with E-state index in [0.29, 0.717) is 17.4 Å². The Hall–Kier alpha value is -4.31. The Morgan fingerprint density at radius 1 is 0.373 bits per heavy atom. The van der Waals surface area contributed by atoms with Crippen molar-refractivity contribution in [3.63, 3.8) is 0 Å². The summed E-state index contributed by atoms with van der Waals surface area (Å²) in [6.07, 6.45) is 87.0. The predicted molar refractivity (Wildman–Crippen MR) is 352 cm³/mol. The maximum atomic E-state index is 12.9. The Morgan fingerprint density at radius 2 is 0.687 bits per heavy atom. The van der Waals surface area contributed by atoms with Crippen LogP contribution in [0, 0.1) is 0 Å². The van der Waals surface area contributed by atoms with Crippen LogP contribution in [0.5, 0.6) is 0 Å². The number of aliphatic carboxylic acids is 1. The molecule has 2 unspecified atom stereocenters. The van der Waals surface area contributed by atoms with Gasteiger partial charge < -0.3 is 33.3 Å². The zero-order valence-corrected chi connectivity index (χ0v) is 54.0. The van der Waals surface area contributed by atoms with Crippen molar-refractivity contribution in [2.24, 2.45) is 0 Å². The lowest BCUT2D eigenvalue weighted by molar-refractivity contribution is -0.870. The number of hydrogen-bond donors (Lipinski definition) is 0. The summed E-state index contributed by atoms with van der Waals surface area (Å²) in [5.74, 6) is -2.32. The van der Waals surface area contributed by atoms with Gasteiger partial charge in [-0.25, -0.2) is 0 Å². The lowest BCUT2D eigenvalue weighted by atomic mass is 10.0. The molecule has 9 heteroatoms. The Kier molecular flexibility index (Phi) is 60.4. The largest absolute Gasteiger partial charge is 0.545 e. The van der Waals surface area contributed by atoms with Gasteiger partial charge in [-0.05, 0) is 89.9 Å². The van der Waals surface area contributed by atoms with Crippen molar-refractivity contribution < 1.29 is 42.9 Å². The molecule has 83 heavy (non-hydrogen) atoms. The molecule has 0 radical (unpaired) electrons. The van der Waals surface area contributed by atoms with Crippen LogP contribution in [-0.2, 0) is 33.3 Å². The zero-order valence-electron chi connectivity index (χ0n) is 54.0. The van der Waals surface area contributed by atoms with Crippen LogP contribution >= 0.6 is 0 Å². The van der Waals surface area contributed by atoms with Crippen LogP contribution in [0.4, 0.5) is 0 Å². The molecule has 0 aromatic carbocycles. The summed E-state index contributed by atoms with van der Waals surface area (Å²) in [5.41, 5.74) is 0. The van der Waals surface area contributed by atoms with Crippen molar-refractivity contribution in [2.45, 2.75) is 283 Å². The van der Waals surface area contributed by atoms with Crippen molar-refractivity contribution in [3.05, 3.63) is 122 Å². The monoisotopic (exact) mass is 1160 g/mol. The third-order valence-electron chi connectivity index (χ3n) is 14.2. The van der Waals surface area contributed by atoms with E-state index in [1.807, 2.05) is 21.1 Å². The van der Waals surface area contributed by atoms with Crippen LogP contribution in [0.25, 0.3) is 0 Å². The number of unbranched alkanes of at least 4 members (excludes halogenated alkanes) is 26. The number of ether oxygens (including phenoxy) is 4. The fourth-order valence-corrected chi connectivity index (χ4v) is 9.10. The molecule has 0 amide bonds. The van der Waals surface area contributed by atoms with Gasteiger partial charge in [0.25, 0.3) is 0 Å². The molecule has 0 bridgehead atoms. The van der Waals surface area contributed by atoms with Crippen molar-refractivity contribution in [3.8, 4) is 0 Å². The van der Waals surface area contributed by atoms with Gasteiger partial charge in [-0.1, -0.05) is 289 Å². The van der Waals surface area contributed by atoms with E-state index in [0.717, 1.165) is 109 Å². The van der Waals surface area contributed by atoms with Crippen molar-refractivity contribution in [1.29, 1.82) is 0 Å². The minimum absolute atomic E-state index is 0.137. The smallest absolute Gasteiger partial charge is 0.306 e. The van der Waals surface area contributed by atoms with E-state index in [2.05, 4.69) is 135 Å². The lowest BCUT2D eigenvalue weighted by Gasteiger charge is -2.26. The Bertz CT molecular complexity index is 1780. The summed E-state index contributed by atoms with van der Waals surface area (Å²) in [7, 11) is 5.91. The maximum Gasteiger partial charge on any atom is 0.306 e. The number of quaternary nitrogens is 1. The second-order valence-corrected chi connectivity index (χ2v) is 23.4. The quantitative estimate of drug-likeness (QED) is 0.0195. The average Bonchev–Trinajstić information content (AvgIpc) is 3.46. The van der Waals surface area contributed by atoms with Crippen LogP contribution in [-0.4, -0.2) is 82.3 Å². The third-order valence-corrected chi connectivity index (χ3v) is 14.2. The maximum absolute atomic E-state index is 12.9. The highest BCUT2D eigenvalue weighted by Gasteiger charge is 2.22. The van der Waals surface area contributed by atoms with Gasteiger partial charge in [0.05, 0.1) is 40.3 Å². The molecule has 0 aromatic heterocycles. The topological polar surface area (TPSA) is 111 Å². The lowest BCUT2D eigenvalue weighted by Crippen LogP contribution is -2.44. The van der Waals surface area contributed by atoms with Gasteiger partial charge in [0, 0.05) is 12.8 Å². The molecule has 2 atom stereocenters. The highest BCUT2D eigenvalue weighted by atomic mass is 16.7. The molecule has 0 rings (SSSR count). The molecule has 0 aliphatic carbocycles. The summed E-state index contributed by atoms with van der Waals surface area (Å²) in [6.45, 7) is 4.62. The fourth-order valence-electron chi connectivity index (χ4n) is 9.10. The molecule has 0 saturated carbocycles. The van der Waals surface area contributed by atoms with Crippen LogP contribution < -0.4 is 5.11 Å². The minimum atomic E-state index is -1.64. The van der Waals surface area contributed by atoms with Gasteiger partial charge in [0.1, 0.15) is 13.2 Å². The normalized spacial score (nSPS) is 13.5. The number of carbonyl (C=O) groups is 3. The Labute approximate surface area is 510 Å². The molecule has 0 heterocycles. The first-order valence-corrected chi connectivity index (χ1v) is 33.7. The summed E-state index contributed by atoms with van der Waals surface area (Å²) >= 11 is 0. The van der Waals surface area contributed by atoms with Crippen LogP contribution in [0.1, 0.15) is 271 Å². The molecule has 474 valence electrons. The summed E-state index contributed by atoms with van der Waals surface area (Å²) in [5, 5.41) is 11.8. The number of esters is 2. The van der Waals surface area contributed by atoms with Gasteiger partial charge in [-0.3, -0.25) is 9.59 Å². The SMILES string of the molecule is CC/C=C\C/C=C\C/C=C\C/C=C\C/C=C\C/C=C\C/C=C\C/C=C\C/C=C\C/C=C\CCCCCCC(=O)OC(COC(=O)CCCCCCCCCCCCCCCCCCCCCCCCC)COC(OCC[N+](C)(C)C)C(=O)[O-]. The summed E-state index contributed by atoms with van der Waals surface area (Å²) in [4.78, 5) is 37.4. The molecule has 0 saturated heterocycles. The number of carbonyl (C=O) groups excluding carboxylic acids is 3. The highest BCUT2D eigenvalue weighted by Crippen LogP contribution is 2.17. The van der Waals surface area contributed by atoms with Gasteiger partial charge in [0.2, 0.25) is 0 Å². The van der Waals surface area contributed by atoms with E-state index in [4.69, 9.17) is 18.9 Å². The molecular weight excluding hydrogens is 1030 g/mol. The van der Waals surface area contributed by atoms with E-state index in [9.17, 15) is 19.5 Å². The Balaban J connectivity index is 4.25. The van der Waals surface area contributed by atoms with Crippen LogP contribution in [0.2, 0.25) is 0 Å². The third kappa shape index (κ3) is 65.1. The van der Waals surface area contributed by atoms with Gasteiger partial charge >= 0.3 is 11.9 Å². The van der Waals surface area contributed by atoms with Gasteiger partial charge in [-0.2, -0.15) is 0 Å². The molecule has 9 nitrogen and oxygen atoms in total. The first-order chi connectivity index (χ1) is 40.6. The average molecular weight is 1160 g/mol. The predicted octanol–water partition coefficient (Wildman–Crippen LogP) is 19.5. The van der Waals surface area contributed by atoms with E-state index in [1.165, 1.54) is 128 Å². The van der Waals surface area contributed by atoms with Crippen molar-refractivity contribution in [2.75, 3.05) is 47.5 Å². The second kappa shape index (κ2) is 63.7.